The average Bonchev–Trinajstić information content (AvgIpc) is 2.72. The van der Waals surface area contributed by atoms with Crippen LogP contribution in [0.4, 0.5) is 0 Å². The molecule has 0 radical (unpaired) electrons. The lowest BCUT2D eigenvalue weighted by molar-refractivity contribution is -0.138. The second-order valence-electron chi connectivity index (χ2n) is 6.70. The van der Waals surface area contributed by atoms with E-state index in [1.165, 1.54) is 11.8 Å². The van der Waals surface area contributed by atoms with Crippen molar-refractivity contribution in [2.45, 2.75) is 38.6 Å². The molecule has 0 saturated carbocycles. The smallest absolute Gasteiger partial charge is 0.242 e. The molecule has 0 aliphatic heterocycles. The summed E-state index contributed by atoms with van der Waals surface area (Å²) in [5.41, 5.74) is 1.98. The van der Waals surface area contributed by atoms with Gasteiger partial charge in [-0.3, -0.25) is 9.59 Å². The van der Waals surface area contributed by atoms with E-state index in [-0.39, 0.29) is 17.6 Å². The SMILES string of the molecule is CCCNC(=O)C(C)N(Cc1ccc(Br)cc1)C(=O)CSCc1ccccc1Cl. The number of hydrogen-bond donors (Lipinski definition) is 1. The number of carbonyl (C=O) groups excluding carboxylic acids is 2. The van der Waals surface area contributed by atoms with E-state index < -0.39 is 6.04 Å². The number of halogens is 2. The Labute approximate surface area is 190 Å². The normalized spacial score (nSPS) is 11.7. The second-order valence-corrected chi connectivity index (χ2v) is 9.01. The summed E-state index contributed by atoms with van der Waals surface area (Å²) in [6.07, 6.45) is 0.854. The Morgan fingerprint density at radius 2 is 1.86 bits per heavy atom. The zero-order chi connectivity index (χ0) is 21.2. The molecule has 2 aromatic rings. The van der Waals surface area contributed by atoms with Crippen molar-refractivity contribution in [3.63, 3.8) is 0 Å². The third kappa shape index (κ3) is 7.68. The number of nitrogens with one attached hydrogen (secondary N) is 1. The maximum Gasteiger partial charge on any atom is 0.242 e. The van der Waals surface area contributed by atoms with Gasteiger partial charge in [-0.1, -0.05) is 64.8 Å². The Hall–Kier alpha value is -1.50. The molecular formula is C22H26BrClN2O2S. The van der Waals surface area contributed by atoms with Crippen molar-refractivity contribution in [1.82, 2.24) is 10.2 Å². The van der Waals surface area contributed by atoms with Crippen molar-refractivity contribution in [2.75, 3.05) is 12.3 Å². The number of thioether (sulfide) groups is 1. The molecule has 0 aliphatic carbocycles. The molecule has 2 rings (SSSR count). The third-order valence-corrected chi connectivity index (χ3v) is 6.29. The highest BCUT2D eigenvalue weighted by Crippen LogP contribution is 2.22. The van der Waals surface area contributed by atoms with E-state index in [1.54, 1.807) is 11.8 Å². The molecular weight excluding hydrogens is 472 g/mol. The number of rotatable bonds is 10. The van der Waals surface area contributed by atoms with E-state index in [4.69, 9.17) is 11.6 Å². The summed E-state index contributed by atoms with van der Waals surface area (Å²) < 4.78 is 0.975. The highest BCUT2D eigenvalue weighted by Gasteiger charge is 2.25. The van der Waals surface area contributed by atoms with Crippen molar-refractivity contribution < 1.29 is 9.59 Å². The molecule has 0 heterocycles. The molecule has 29 heavy (non-hydrogen) atoms. The van der Waals surface area contributed by atoms with Gasteiger partial charge in [0.05, 0.1) is 5.75 Å². The Balaban J connectivity index is 2.05. The van der Waals surface area contributed by atoms with Crippen LogP contribution in [0.15, 0.2) is 53.0 Å². The van der Waals surface area contributed by atoms with E-state index in [0.29, 0.717) is 23.9 Å². The molecule has 0 spiro atoms. The first-order valence-corrected chi connectivity index (χ1v) is 11.9. The first-order chi connectivity index (χ1) is 13.9. The van der Waals surface area contributed by atoms with Crippen LogP contribution in [0, 0.1) is 0 Å². The molecule has 156 valence electrons. The van der Waals surface area contributed by atoms with Gasteiger partial charge in [0.1, 0.15) is 6.04 Å². The molecule has 0 saturated heterocycles. The minimum atomic E-state index is -0.543. The second kappa shape index (κ2) is 12.3. The summed E-state index contributed by atoms with van der Waals surface area (Å²) in [5, 5.41) is 3.59. The topological polar surface area (TPSA) is 49.4 Å². The lowest BCUT2D eigenvalue weighted by atomic mass is 10.1. The third-order valence-electron chi connectivity index (χ3n) is 4.42. The molecule has 0 aromatic heterocycles. The Morgan fingerprint density at radius 1 is 1.17 bits per heavy atom. The number of benzene rings is 2. The minimum absolute atomic E-state index is 0.0656. The molecule has 4 nitrogen and oxygen atoms in total. The van der Waals surface area contributed by atoms with Crippen LogP contribution in [0.1, 0.15) is 31.4 Å². The molecule has 2 amide bonds. The largest absolute Gasteiger partial charge is 0.354 e. The summed E-state index contributed by atoms with van der Waals surface area (Å²) in [5.74, 6) is 0.735. The van der Waals surface area contributed by atoms with Gasteiger partial charge in [0.2, 0.25) is 11.8 Å². The summed E-state index contributed by atoms with van der Waals surface area (Å²) >= 11 is 11.1. The molecule has 7 heteroatoms. The number of amides is 2. The van der Waals surface area contributed by atoms with E-state index in [9.17, 15) is 9.59 Å². The molecule has 0 bridgehead atoms. The molecule has 0 aliphatic rings. The predicted octanol–water partition coefficient (Wildman–Crippen LogP) is 5.28. The highest BCUT2D eigenvalue weighted by molar-refractivity contribution is 9.10. The zero-order valence-corrected chi connectivity index (χ0v) is 19.8. The van der Waals surface area contributed by atoms with Crippen LogP contribution in [-0.2, 0) is 21.9 Å². The van der Waals surface area contributed by atoms with Gasteiger partial charge in [0, 0.05) is 28.3 Å². The quantitative estimate of drug-likeness (QED) is 0.486. The van der Waals surface area contributed by atoms with Crippen molar-refractivity contribution in [3.8, 4) is 0 Å². The molecule has 1 unspecified atom stereocenters. The lowest BCUT2D eigenvalue weighted by Gasteiger charge is -2.28. The van der Waals surface area contributed by atoms with Crippen molar-refractivity contribution in [1.29, 1.82) is 0 Å². The van der Waals surface area contributed by atoms with Crippen LogP contribution in [0.3, 0.4) is 0 Å². The highest BCUT2D eigenvalue weighted by atomic mass is 79.9. The van der Waals surface area contributed by atoms with Gasteiger partial charge >= 0.3 is 0 Å². The lowest BCUT2D eigenvalue weighted by Crippen LogP contribution is -2.48. The molecule has 2 aromatic carbocycles. The van der Waals surface area contributed by atoms with Crippen molar-refractivity contribution >= 4 is 51.1 Å². The summed E-state index contributed by atoms with van der Waals surface area (Å²) in [4.78, 5) is 27.1. The van der Waals surface area contributed by atoms with Gasteiger partial charge in [-0.25, -0.2) is 0 Å². The van der Waals surface area contributed by atoms with Gasteiger partial charge in [-0.15, -0.1) is 11.8 Å². The van der Waals surface area contributed by atoms with E-state index in [1.807, 2.05) is 55.5 Å². The zero-order valence-electron chi connectivity index (χ0n) is 16.7. The van der Waals surface area contributed by atoms with Gasteiger partial charge in [-0.05, 0) is 42.7 Å². The summed E-state index contributed by atoms with van der Waals surface area (Å²) in [7, 11) is 0. The first kappa shape index (κ1) is 23.8. The molecule has 1 atom stereocenters. The van der Waals surface area contributed by atoms with Gasteiger partial charge in [0.15, 0.2) is 0 Å². The van der Waals surface area contributed by atoms with Crippen LogP contribution >= 0.6 is 39.3 Å². The fraction of sp³-hybridized carbons (Fsp3) is 0.364. The van der Waals surface area contributed by atoms with Crippen molar-refractivity contribution in [3.05, 3.63) is 69.2 Å². The van der Waals surface area contributed by atoms with Crippen LogP contribution in [0.5, 0.6) is 0 Å². The first-order valence-electron chi connectivity index (χ1n) is 9.55. The fourth-order valence-electron chi connectivity index (χ4n) is 2.71. The maximum absolute atomic E-state index is 13.0. The van der Waals surface area contributed by atoms with Gasteiger partial charge in [-0.2, -0.15) is 0 Å². The molecule has 0 fully saturated rings. The van der Waals surface area contributed by atoms with E-state index >= 15 is 0 Å². The number of nitrogens with zero attached hydrogens (tertiary/aromatic N) is 1. The fourth-order valence-corrected chi connectivity index (χ4v) is 4.17. The van der Waals surface area contributed by atoms with Gasteiger partial charge in [0.25, 0.3) is 0 Å². The number of hydrogen-bond acceptors (Lipinski definition) is 3. The van der Waals surface area contributed by atoms with Crippen LogP contribution in [0.2, 0.25) is 5.02 Å². The maximum atomic E-state index is 13.0. The minimum Gasteiger partial charge on any atom is -0.354 e. The van der Waals surface area contributed by atoms with E-state index in [0.717, 1.165) is 22.0 Å². The Bertz CT molecular complexity index is 817. The Kier molecular flexibility index (Phi) is 10.0. The monoisotopic (exact) mass is 496 g/mol. The standard InChI is InChI=1S/C22H26BrClN2O2S/c1-3-12-25-22(28)16(2)26(13-17-8-10-19(23)11-9-17)21(27)15-29-14-18-6-4-5-7-20(18)24/h4-11,16H,3,12-15H2,1-2H3,(H,25,28). The summed E-state index contributed by atoms with van der Waals surface area (Å²) in [6, 6.07) is 14.9. The summed E-state index contributed by atoms with van der Waals surface area (Å²) in [6.45, 7) is 4.77. The Morgan fingerprint density at radius 3 is 2.52 bits per heavy atom. The van der Waals surface area contributed by atoms with Crippen molar-refractivity contribution in [2.24, 2.45) is 0 Å². The average molecular weight is 498 g/mol. The van der Waals surface area contributed by atoms with Gasteiger partial charge < -0.3 is 10.2 Å². The van der Waals surface area contributed by atoms with E-state index in [2.05, 4.69) is 21.2 Å². The van der Waals surface area contributed by atoms with Crippen LogP contribution in [-0.4, -0.2) is 35.1 Å². The predicted molar refractivity (Wildman–Crippen MR) is 125 cm³/mol. The number of carbonyl (C=O) groups is 2. The molecule has 1 N–H and O–H groups in total. The van der Waals surface area contributed by atoms with Crippen LogP contribution < -0.4 is 5.32 Å². The van der Waals surface area contributed by atoms with Crippen LogP contribution in [0.25, 0.3) is 0 Å².